The molecule has 152 valence electrons. The molecule has 2 N–H and O–H groups in total. The molecule has 1 aliphatic heterocycles. The van der Waals surface area contributed by atoms with Gasteiger partial charge in [-0.3, -0.25) is 4.99 Å². The van der Waals surface area contributed by atoms with Crippen molar-refractivity contribution in [2.24, 2.45) is 10.9 Å². The van der Waals surface area contributed by atoms with E-state index >= 15 is 0 Å². The molecular weight excluding hydrogens is 370 g/mol. The van der Waals surface area contributed by atoms with Crippen molar-refractivity contribution in [3.8, 4) is 0 Å². The molecule has 0 radical (unpaired) electrons. The lowest BCUT2D eigenvalue weighted by Gasteiger charge is -2.12. The zero-order valence-corrected chi connectivity index (χ0v) is 17.5. The Morgan fingerprint density at radius 1 is 0.933 bits per heavy atom. The zero-order chi connectivity index (χ0) is 20.5. The maximum atomic E-state index is 4.92. The Kier molecular flexibility index (Phi) is 4.95. The van der Waals surface area contributed by atoms with Gasteiger partial charge >= 0.3 is 0 Å². The summed E-state index contributed by atoms with van der Waals surface area (Å²) in [6.45, 7) is 4.37. The first-order valence-electron chi connectivity index (χ1n) is 10.9. The lowest BCUT2D eigenvalue weighted by atomic mass is 10.0. The summed E-state index contributed by atoms with van der Waals surface area (Å²) in [7, 11) is 0. The molecule has 1 aromatic heterocycles. The topological polar surface area (TPSA) is 62.2 Å². The van der Waals surface area contributed by atoms with Crippen molar-refractivity contribution < 1.29 is 0 Å². The SMILES string of the molecule is CCc1ccc(Nc2nc(NC3=NC(CC)C(C4CC4)=C3)c3ccccc3n2)cc1. The van der Waals surface area contributed by atoms with E-state index in [1.165, 1.54) is 24.0 Å². The molecule has 2 aliphatic rings. The number of anilines is 3. The van der Waals surface area contributed by atoms with E-state index in [0.29, 0.717) is 12.0 Å². The molecule has 0 amide bonds. The number of hydrogen-bond donors (Lipinski definition) is 2. The average Bonchev–Trinajstić information content (AvgIpc) is 3.54. The van der Waals surface area contributed by atoms with E-state index in [9.17, 15) is 0 Å². The second-order valence-electron chi connectivity index (χ2n) is 8.07. The molecule has 2 aromatic carbocycles. The Morgan fingerprint density at radius 2 is 1.73 bits per heavy atom. The van der Waals surface area contributed by atoms with Gasteiger partial charge in [-0.05, 0) is 73.1 Å². The van der Waals surface area contributed by atoms with Crippen molar-refractivity contribution in [2.45, 2.75) is 45.6 Å². The minimum atomic E-state index is 0.308. The summed E-state index contributed by atoms with van der Waals surface area (Å²) in [6, 6.07) is 16.8. The minimum absolute atomic E-state index is 0.308. The van der Waals surface area contributed by atoms with E-state index in [2.05, 4.69) is 60.9 Å². The second kappa shape index (κ2) is 7.90. The van der Waals surface area contributed by atoms with Gasteiger partial charge in [-0.1, -0.05) is 38.1 Å². The molecule has 5 nitrogen and oxygen atoms in total. The van der Waals surface area contributed by atoms with Gasteiger partial charge in [0.1, 0.15) is 11.7 Å². The van der Waals surface area contributed by atoms with Gasteiger partial charge in [-0.2, -0.15) is 4.98 Å². The average molecular weight is 398 g/mol. The van der Waals surface area contributed by atoms with Gasteiger partial charge in [0.05, 0.1) is 11.6 Å². The number of para-hydroxylation sites is 1. The molecule has 0 spiro atoms. The quantitative estimate of drug-likeness (QED) is 0.546. The molecule has 5 rings (SSSR count). The van der Waals surface area contributed by atoms with Crippen LogP contribution in [0.4, 0.5) is 17.5 Å². The molecular formula is C25H27N5. The largest absolute Gasteiger partial charge is 0.325 e. The summed E-state index contributed by atoms with van der Waals surface area (Å²) in [5.74, 6) is 3.00. The van der Waals surface area contributed by atoms with Gasteiger partial charge in [-0.25, -0.2) is 4.98 Å². The number of nitrogens with one attached hydrogen (secondary N) is 2. The Labute approximate surface area is 177 Å². The Morgan fingerprint density at radius 3 is 2.47 bits per heavy atom. The standard InChI is InChI=1S/C25H27N5/c1-3-16-9-13-18(14-10-16)26-25-28-22-8-6-5-7-19(22)24(30-25)29-23-15-20(17-11-12-17)21(4-2)27-23/h5-10,13-15,17,21H,3-4,11-12H2,1-2H3,(H2,26,27,28,29,30). The summed E-state index contributed by atoms with van der Waals surface area (Å²) < 4.78 is 0. The predicted octanol–water partition coefficient (Wildman–Crippen LogP) is 5.87. The van der Waals surface area contributed by atoms with Gasteiger partial charge in [-0.15, -0.1) is 0 Å². The van der Waals surface area contributed by atoms with Crippen molar-refractivity contribution in [3.63, 3.8) is 0 Å². The molecule has 0 saturated heterocycles. The number of nitrogens with zero attached hydrogens (tertiary/aromatic N) is 3. The lowest BCUT2D eigenvalue weighted by Crippen LogP contribution is -2.11. The molecule has 3 aromatic rings. The van der Waals surface area contributed by atoms with E-state index in [-0.39, 0.29) is 0 Å². The predicted molar refractivity (Wildman–Crippen MR) is 125 cm³/mol. The first kappa shape index (κ1) is 18.8. The molecule has 1 atom stereocenters. The summed E-state index contributed by atoms with van der Waals surface area (Å²) in [6.07, 6.45) is 6.90. The van der Waals surface area contributed by atoms with Crippen molar-refractivity contribution in [1.29, 1.82) is 0 Å². The number of aryl methyl sites for hydroxylation is 1. The maximum absolute atomic E-state index is 4.92. The maximum Gasteiger partial charge on any atom is 0.229 e. The van der Waals surface area contributed by atoms with E-state index in [1.807, 2.05) is 18.2 Å². The number of aromatic nitrogens is 2. The highest BCUT2D eigenvalue weighted by Crippen LogP contribution is 2.41. The Hall–Kier alpha value is -3.21. The van der Waals surface area contributed by atoms with Crippen molar-refractivity contribution in [3.05, 3.63) is 65.7 Å². The fourth-order valence-electron chi connectivity index (χ4n) is 4.04. The van der Waals surface area contributed by atoms with Gasteiger partial charge in [0.25, 0.3) is 0 Å². The summed E-state index contributed by atoms with van der Waals surface area (Å²) in [5.41, 5.74) is 4.67. The van der Waals surface area contributed by atoms with E-state index in [4.69, 9.17) is 15.0 Å². The zero-order valence-electron chi connectivity index (χ0n) is 17.5. The van der Waals surface area contributed by atoms with Crippen LogP contribution in [-0.2, 0) is 6.42 Å². The van der Waals surface area contributed by atoms with Crippen LogP contribution in [-0.4, -0.2) is 21.8 Å². The van der Waals surface area contributed by atoms with Gasteiger partial charge in [0, 0.05) is 11.1 Å². The highest BCUT2D eigenvalue weighted by molar-refractivity contribution is 6.09. The van der Waals surface area contributed by atoms with Crippen LogP contribution in [0.1, 0.15) is 38.7 Å². The third kappa shape index (κ3) is 3.80. The fraction of sp³-hybridized carbons (Fsp3) is 0.320. The Bertz CT molecular complexity index is 1130. The monoisotopic (exact) mass is 397 g/mol. The number of aliphatic imine (C=N–C) groups is 1. The third-order valence-corrected chi connectivity index (χ3v) is 5.89. The first-order valence-corrected chi connectivity index (χ1v) is 10.9. The molecule has 5 heteroatoms. The van der Waals surface area contributed by atoms with Crippen molar-refractivity contribution >= 4 is 34.2 Å². The number of amidine groups is 1. The lowest BCUT2D eigenvalue weighted by molar-refractivity contribution is 0.709. The molecule has 1 unspecified atom stereocenters. The summed E-state index contributed by atoms with van der Waals surface area (Å²) in [4.78, 5) is 14.4. The van der Waals surface area contributed by atoms with Crippen molar-refractivity contribution in [2.75, 3.05) is 10.6 Å². The number of rotatable bonds is 6. The van der Waals surface area contributed by atoms with Crippen LogP contribution < -0.4 is 10.6 Å². The molecule has 1 aliphatic carbocycles. The van der Waals surface area contributed by atoms with Crippen LogP contribution in [0, 0.1) is 5.92 Å². The molecule has 0 bridgehead atoms. The fourth-order valence-corrected chi connectivity index (χ4v) is 4.04. The second-order valence-corrected chi connectivity index (χ2v) is 8.07. The van der Waals surface area contributed by atoms with Crippen molar-refractivity contribution in [1.82, 2.24) is 9.97 Å². The summed E-state index contributed by atoms with van der Waals surface area (Å²) in [5, 5.41) is 7.83. The molecule has 30 heavy (non-hydrogen) atoms. The van der Waals surface area contributed by atoms with Gasteiger partial charge < -0.3 is 10.6 Å². The highest BCUT2D eigenvalue weighted by Gasteiger charge is 2.33. The molecule has 2 heterocycles. The van der Waals surface area contributed by atoms with Gasteiger partial charge in [0.2, 0.25) is 5.95 Å². The highest BCUT2D eigenvalue weighted by atomic mass is 15.2. The smallest absolute Gasteiger partial charge is 0.229 e. The summed E-state index contributed by atoms with van der Waals surface area (Å²) >= 11 is 0. The third-order valence-electron chi connectivity index (χ3n) is 5.89. The van der Waals surface area contributed by atoms with Crippen LogP contribution in [0.5, 0.6) is 0 Å². The number of hydrogen-bond acceptors (Lipinski definition) is 5. The van der Waals surface area contributed by atoms with E-state index < -0.39 is 0 Å². The molecule has 1 saturated carbocycles. The number of benzene rings is 2. The van der Waals surface area contributed by atoms with Crippen LogP contribution >= 0.6 is 0 Å². The van der Waals surface area contributed by atoms with Crippen LogP contribution in [0.3, 0.4) is 0 Å². The van der Waals surface area contributed by atoms with E-state index in [0.717, 1.165) is 47.0 Å². The van der Waals surface area contributed by atoms with Gasteiger partial charge in [0.15, 0.2) is 0 Å². The first-order chi connectivity index (χ1) is 14.7. The van der Waals surface area contributed by atoms with Crippen LogP contribution in [0.15, 0.2) is 65.2 Å². The minimum Gasteiger partial charge on any atom is -0.325 e. The Balaban J connectivity index is 1.46. The van der Waals surface area contributed by atoms with Crippen LogP contribution in [0.25, 0.3) is 10.9 Å². The van der Waals surface area contributed by atoms with Crippen LogP contribution in [0.2, 0.25) is 0 Å². The van der Waals surface area contributed by atoms with E-state index in [1.54, 1.807) is 0 Å². The number of fused-ring (bicyclic) bond motifs is 1. The molecule has 1 fully saturated rings. The normalized spacial score (nSPS) is 18.3.